The molecule has 2 aromatic heterocycles. The Bertz CT molecular complexity index is 641. The second kappa shape index (κ2) is 5.87. The first kappa shape index (κ1) is 14.7. The number of hydrogen-bond donors (Lipinski definition) is 2. The van der Waals surface area contributed by atoms with E-state index < -0.39 is 5.60 Å². The number of aliphatic hydroxyl groups is 1. The maximum absolute atomic E-state index is 12.1. The lowest BCUT2D eigenvalue weighted by molar-refractivity contribution is 0.0614. The third-order valence-corrected chi connectivity index (χ3v) is 5.81. The number of carbonyl (C=O) groups excluding carboxylic acids is 1. The molecule has 0 unspecified atom stereocenters. The van der Waals surface area contributed by atoms with Gasteiger partial charge >= 0.3 is 0 Å². The van der Waals surface area contributed by atoms with Crippen molar-refractivity contribution in [3.05, 3.63) is 34.9 Å². The van der Waals surface area contributed by atoms with Crippen molar-refractivity contribution in [1.82, 2.24) is 5.32 Å². The maximum atomic E-state index is 12.1. The van der Waals surface area contributed by atoms with Gasteiger partial charge in [0, 0.05) is 12.3 Å². The van der Waals surface area contributed by atoms with E-state index in [4.69, 9.17) is 4.42 Å². The minimum absolute atomic E-state index is 0.139. The molecule has 6 heteroatoms. The van der Waals surface area contributed by atoms with Crippen molar-refractivity contribution in [3.63, 3.8) is 0 Å². The number of amides is 1. The molecular weight excluding hydrogens is 306 g/mol. The number of hydrogen-bond acceptors (Lipinski definition) is 5. The van der Waals surface area contributed by atoms with Gasteiger partial charge < -0.3 is 14.8 Å². The molecule has 21 heavy (non-hydrogen) atoms. The summed E-state index contributed by atoms with van der Waals surface area (Å²) in [6.45, 7) is 2.21. The SMILES string of the molecule is Cc1ccc(-c2ccc(C(=O)NC[C@]3(O)CCSC3)s2)o1. The normalized spacial score (nSPS) is 21.6. The van der Waals surface area contributed by atoms with E-state index in [0.29, 0.717) is 17.2 Å². The van der Waals surface area contributed by atoms with Gasteiger partial charge in [0.05, 0.1) is 15.4 Å². The van der Waals surface area contributed by atoms with Crippen LogP contribution in [0.2, 0.25) is 0 Å². The van der Waals surface area contributed by atoms with Crippen LogP contribution in [0.15, 0.2) is 28.7 Å². The Hall–Kier alpha value is -1.24. The van der Waals surface area contributed by atoms with Gasteiger partial charge in [-0.1, -0.05) is 0 Å². The zero-order valence-electron chi connectivity index (χ0n) is 11.7. The second-order valence-electron chi connectivity index (χ2n) is 5.28. The highest BCUT2D eigenvalue weighted by Gasteiger charge is 2.32. The molecule has 1 fully saturated rings. The predicted octanol–water partition coefficient (Wildman–Crippen LogP) is 2.91. The summed E-state index contributed by atoms with van der Waals surface area (Å²) in [7, 11) is 0. The molecule has 4 nitrogen and oxygen atoms in total. The Morgan fingerprint density at radius 3 is 2.95 bits per heavy atom. The van der Waals surface area contributed by atoms with Gasteiger partial charge in [-0.3, -0.25) is 4.79 Å². The number of aryl methyl sites for hydroxylation is 1. The molecule has 1 aliphatic rings. The van der Waals surface area contributed by atoms with Gasteiger partial charge in [-0.05, 0) is 43.4 Å². The first-order valence-corrected chi connectivity index (χ1v) is 8.78. The van der Waals surface area contributed by atoms with Crippen LogP contribution in [0.3, 0.4) is 0 Å². The third kappa shape index (κ3) is 3.33. The van der Waals surface area contributed by atoms with E-state index in [1.54, 1.807) is 17.8 Å². The molecule has 3 rings (SSSR count). The highest BCUT2D eigenvalue weighted by molar-refractivity contribution is 7.99. The fourth-order valence-electron chi connectivity index (χ4n) is 2.23. The Labute approximate surface area is 131 Å². The smallest absolute Gasteiger partial charge is 0.261 e. The van der Waals surface area contributed by atoms with Crippen LogP contribution in [0.5, 0.6) is 0 Å². The van der Waals surface area contributed by atoms with Crippen molar-refractivity contribution in [2.24, 2.45) is 0 Å². The molecule has 0 radical (unpaired) electrons. The fraction of sp³-hybridized carbons (Fsp3) is 0.400. The van der Waals surface area contributed by atoms with Gasteiger partial charge in [0.15, 0.2) is 0 Å². The van der Waals surface area contributed by atoms with Crippen LogP contribution in [-0.4, -0.2) is 34.7 Å². The summed E-state index contributed by atoms with van der Waals surface area (Å²) < 4.78 is 5.56. The molecule has 112 valence electrons. The van der Waals surface area contributed by atoms with Crippen LogP contribution in [-0.2, 0) is 0 Å². The van der Waals surface area contributed by atoms with Crippen molar-refractivity contribution in [3.8, 4) is 10.6 Å². The summed E-state index contributed by atoms with van der Waals surface area (Å²) in [5, 5.41) is 13.1. The molecular formula is C15H17NO3S2. The van der Waals surface area contributed by atoms with Gasteiger partial charge in [-0.25, -0.2) is 0 Å². The quantitative estimate of drug-likeness (QED) is 0.908. The van der Waals surface area contributed by atoms with Crippen LogP contribution >= 0.6 is 23.1 Å². The van der Waals surface area contributed by atoms with Crippen molar-refractivity contribution in [1.29, 1.82) is 0 Å². The number of thiophene rings is 1. The molecule has 0 spiro atoms. The first-order valence-electron chi connectivity index (χ1n) is 6.81. The Balaban J connectivity index is 1.64. The lowest BCUT2D eigenvalue weighted by atomic mass is 10.0. The van der Waals surface area contributed by atoms with Crippen LogP contribution < -0.4 is 5.32 Å². The zero-order chi connectivity index (χ0) is 14.9. The van der Waals surface area contributed by atoms with Crippen molar-refractivity contribution in [2.75, 3.05) is 18.1 Å². The molecule has 1 saturated heterocycles. The van der Waals surface area contributed by atoms with Crippen molar-refractivity contribution >= 4 is 29.0 Å². The second-order valence-corrected chi connectivity index (χ2v) is 7.47. The predicted molar refractivity (Wildman–Crippen MR) is 86.0 cm³/mol. The van der Waals surface area contributed by atoms with Crippen molar-refractivity contribution in [2.45, 2.75) is 18.9 Å². The highest BCUT2D eigenvalue weighted by Crippen LogP contribution is 2.30. The van der Waals surface area contributed by atoms with E-state index in [1.165, 1.54) is 11.3 Å². The average Bonchev–Trinajstić information content (AvgIpc) is 3.16. The number of furan rings is 1. The molecule has 1 amide bonds. The van der Waals surface area contributed by atoms with Crippen LogP contribution in [0.4, 0.5) is 0 Å². The monoisotopic (exact) mass is 323 g/mol. The zero-order valence-corrected chi connectivity index (χ0v) is 13.4. The van der Waals surface area contributed by atoms with Crippen molar-refractivity contribution < 1.29 is 14.3 Å². The minimum Gasteiger partial charge on any atom is -0.461 e. The largest absolute Gasteiger partial charge is 0.461 e. The maximum Gasteiger partial charge on any atom is 0.261 e. The molecule has 0 aliphatic carbocycles. The lowest BCUT2D eigenvalue weighted by Crippen LogP contribution is -2.42. The molecule has 0 bridgehead atoms. The average molecular weight is 323 g/mol. The molecule has 2 N–H and O–H groups in total. The minimum atomic E-state index is -0.751. The van der Waals surface area contributed by atoms with E-state index in [-0.39, 0.29) is 5.91 Å². The summed E-state index contributed by atoms with van der Waals surface area (Å²) >= 11 is 3.12. The van der Waals surface area contributed by atoms with E-state index in [0.717, 1.165) is 28.6 Å². The van der Waals surface area contributed by atoms with Gasteiger partial charge in [-0.2, -0.15) is 11.8 Å². The Kier molecular flexibility index (Phi) is 4.10. The lowest BCUT2D eigenvalue weighted by Gasteiger charge is -2.21. The number of nitrogens with one attached hydrogen (secondary N) is 1. The number of rotatable bonds is 4. The van der Waals surface area contributed by atoms with Gasteiger partial charge in [0.1, 0.15) is 11.5 Å². The molecule has 0 saturated carbocycles. The molecule has 3 heterocycles. The topological polar surface area (TPSA) is 62.5 Å². The summed E-state index contributed by atoms with van der Waals surface area (Å²) in [5.41, 5.74) is -0.751. The Morgan fingerprint density at radius 1 is 1.43 bits per heavy atom. The Morgan fingerprint density at radius 2 is 2.29 bits per heavy atom. The molecule has 1 aliphatic heterocycles. The molecule has 0 aromatic carbocycles. The van der Waals surface area contributed by atoms with Crippen LogP contribution in [0.25, 0.3) is 10.6 Å². The number of carbonyl (C=O) groups is 1. The van der Waals surface area contributed by atoms with E-state index >= 15 is 0 Å². The van der Waals surface area contributed by atoms with E-state index in [2.05, 4.69) is 5.32 Å². The standard InChI is InChI=1S/C15H17NO3S2/c1-10-2-3-11(19-10)12-4-5-13(21-12)14(17)16-8-15(18)6-7-20-9-15/h2-5,18H,6-9H2,1H3,(H,16,17)/t15-/m1/s1. The highest BCUT2D eigenvalue weighted by atomic mass is 32.2. The van der Waals surface area contributed by atoms with Crippen LogP contribution in [0.1, 0.15) is 21.9 Å². The summed E-state index contributed by atoms with van der Waals surface area (Å²) in [4.78, 5) is 13.7. The third-order valence-electron chi connectivity index (χ3n) is 3.47. The van der Waals surface area contributed by atoms with E-state index in [1.807, 2.05) is 25.1 Å². The van der Waals surface area contributed by atoms with E-state index in [9.17, 15) is 9.90 Å². The summed E-state index contributed by atoms with van der Waals surface area (Å²) in [6, 6.07) is 7.49. The van der Waals surface area contributed by atoms with Gasteiger partial charge in [0.25, 0.3) is 5.91 Å². The number of thioether (sulfide) groups is 1. The van der Waals surface area contributed by atoms with Crippen LogP contribution in [0, 0.1) is 6.92 Å². The summed E-state index contributed by atoms with van der Waals surface area (Å²) in [6.07, 6.45) is 0.735. The first-order chi connectivity index (χ1) is 10.1. The molecule has 2 aromatic rings. The van der Waals surface area contributed by atoms with Gasteiger partial charge in [-0.15, -0.1) is 11.3 Å². The summed E-state index contributed by atoms with van der Waals surface area (Å²) in [5.74, 6) is 3.13. The van der Waals surface area contributed by atoms with Gasteiger partial charge in [0.2, 0.25) is 0 Å². The fourth-order valence-corrected chi connectivity index (χ4v) is 4.41. The molecule has 1 atom stereocenters.